The molecule has 0 aliphatic heterocycles. The molecule has 0 bridgehead atoms. The van der Waals surface area contributed by atoms with Gasteiger partial charge in [-0.1, -0.05) is 0 Å². The number of halogens is 1. The monoisotopic (exact) mass is 214 g/mol. The molecule has 1 aromatic carbocycles. The minimum absolute atomic E-state index is 0.0583. The van der Waals surface area contributed by atoms with Crippen LogP contribution >= 0.6 is 0 Å². The Bertz CT molecular complexity index is 459. The van der Waals surface area contributed by atoms with E-state index in [-0.39, 0.29) is 6.29 Å². The molecule has 0 spiro atoms. The van der Waals surface area contributed by atoms with E-state index in [0.29, 0.717) is 12.1 Å². The molecule has 0 atom stereocenters. The van der Waals surface area contributed by atoms with Gasteiger partial charge in [0.2, 0.25) is 0 Å². The molecule has 0 fully saturated rings. The Morgan fingerprint density at radius 1 is 1.20 bits per heavy atom. The number of rotatable bonds is 3. The van der Waals surface area contributed by atoms with Crippen LogP contribution < -0.4 is 0 Å². The first kappa shape index (κ1) is 10.7. The van der Waals surface area contributed by atoms with Gasteiger partial charge in [-0.05, 0) is 0 Å². The number of nitrogens with zero attached hydrogens (tertiary/aromatic N) is 2. The standard InChI is InChI=1S/C7H3FN2O5/c8-6-1-4(9(12)13)2-7(10(14)15)5(6)3-11/h1-3H. The van der Waals surface area contributed by atoms with E-state index < -0.39 is 32.6 Å². The summed E-state index contributed by atoms with van der Waals surface area (Å²) in [5.41, 5.74) is -2.49. The van der Waals surface area contributed by atoms with Gasteiger partial charge in [0.1, 0.15) is 11.4 Å². The van der Waals surface area contributed by atoms with Crippen molar-refractivity contribution in [3.8, 4) is 0 Å². The second-order valence-electron chi connectivity index (χ2n) is 2.49. The summed E-state index contributed by atoms with van der Waals surface area (Å²) in [7, 11) is 0. The molecule has 0 saturated carbocycles. The second-order valence-corrected chi connectivity index (χ2v) is 2.49. The number of nitro groups is 2. The molecule has 15 heavy (non-hydrogen) atoms. The van der Waals surface area contributed by atoms with Crippen molar-refractivity contribution in [3.63, 3.8) is 0 Å². The summed E-state index contributed by atoms with van der Waals surface area (Å²) in [4.78, 5) is 28.9. The molecule has 0 unspecified atom stereocenters. The number of nitro benzene ring substituents is 2. The zero-order valence-electron chi connectivity index (χ0n) is 7.05. The van der Waals surface area contributed by atoms with E-state index in [0.717, 1.165) is 0 Å². The maximum absolute atomic E-state index is 13.0. The van der Waals surface area contributed by atoms with Crippen LogP contribution in [0.2, 0.25) is 0 Å². The lowest BCUT2D eigenvalue weighted by atomic mass is 10.1. The second kappa shape index (κ2) is 3.78. The van der Waals surface area contributed by atoms with Crippen LogP contribution in [0.3, 0.4) is 0 Å². The number of carbonyl (C=O) groups is 1. The van der Waals surface area contributed by atoms with E-state index in [9.17, 15) is 29.4 Å². The van der Waals surface area contributed by atoms with Crippen molar-refractivity contribution >= 4 is 17.7 Å². The third-order valence-electron chi connectivity index (χ3n) is 1.62. The Kier molecular flexibility index (Phi) is 2.70. The van der Waals surface area contributed by atoms with E-state index in [2.05, 4.69) is 0 Å². The van der Waals surface area contributed by atoms with Crippen LogP contribution in [-0.4, -0.2) is 16.1 Å². The SMILES string of the molecule is O=Cc1c(F)cc([N+](=O)[O-])cc1[N+](=O)[O-]. The molecular weight excluding hydrogens is 211 g/mol. The van der Waals surface area contributed by atoms with Gasteiger partial charge in [0.25, 0.3) is 11.4 Å². The summed E-state index contributed by atoms with van der Waals surface area (Å²) in [5, 5.41) is 20.6. The van der Waals surface area contributed by atoms with Crippen molar-refractivity contribution < 1.29 is 19.0 Å². The highest BCUT2D eigenvalue weighted by molar-refractivity contribution is 5.82. The average molecular weight is 214 g/mol. The fourth-order valence-electron chi connectivity index (χ4n) is 0.963. The van der Waals surface area contributed by atoms with Crippen LogP contribution in [0.4, 0.5) is 15.8 Å². The van der Waals surface area contributed by atoms with Crippen LogP contribution in [0.25, 0.3) is 0 Å². The summed E-state index contributed by atoms with van der Waals surface area (Å²) in [6.07, 6.45) is -0.0583. The molecule has 7 nitrogen and oxygen atoms in total. The van der Waals surface area contributed by atoms with Crippen molar-refractivity contribution in [1.29, 1.82) is 0 Å². The topological polar surface area (TPSA) is 103 Å². The Morgan fingerprint density at radius 2 is 1.80 bits per heavy atom. The van der Waals surface area contributed by atoms with Crippen LogP contribution in [0.1, 0.15) is 10.4 Å². The van der Waals surface area contributed by atoms with E-state index >= 15 is 0 Å². The molecule has 0 aromatic heterocycles. The van der Waals surface area contributed by atoms with Crippen molar-refractivity contribution in [3.05, 3.63) is 43.7 Å². The van der Waals surface area contributed by atoms with E-state index in [1.165, 1.54) is 0 Å². The lowest BCUT2D eigenvalue weighted by Crippen LogP contribution is -2.00. The van der Waals surface area contributed by atoms with Crippen LogP contribution in [0.15, 0.2) is 12.1 Å². The zero-order valence-corrected chi connectivity index (χ0v) is 7.05. The molecular formula is C7H3FN2O5. The molecule has 8 heteroatoms. The molecule has 78 valence electrons. The minimum Gasteiger partial charge on any atom is -0.298 e. The lowest BCUT2D eigenvalue weighted by Gasteiger charge is -1.97. The third-order valence-corrected chi connectivity index (χ3v) is 1.62. The van der Waals surface area contributed by atoms with Gasteiger partial charge in [-0.3, -0.25) is 25.0 Å². The third kappa shape index (κ3) is 1.93. The average Bonchev–Trinajstić information content (AvgIpc) is 2.16. The quantitative estimate of drug-likeness (QED) is 0.430. The highest BCUT2D eigenvalue weighted by atomic mass is 19.1. The number of hydrogen-bond acceptors (Lipinski definition) is 5. The predicted octanol–water partition coefficient (Wildman–Crippen LogP) is 1.45. The summed E-state index contributed by atoms with van der Waals surface area (Å²) in [5.74, 6) is -1.29. The molecule has 1 aromatic rings. The van der Waals surface area contributed by atoms with Crippen molar-refractivity contribution in [2.75, 3.05) is 0 Å². The van der Waals surface area contributed by atoms with Gasteiger partial charge < -0.3 is 0 Å². The Morgan fingerprint density at radius 3 is 2.20 bits per heavy atom. The van der Waals surface area contributed by atoms with Gasteiger partial charge in [0.05, 0.1) is 22.0 Å². The Labute approximate surface area is 81.4 Å². The largest absolute Gasteiger partial charge is 0.298 e. The number of aldehydes is 1. The predicted molar refractivity (Wildman–Crippen MR) is 45.1 cm³/mol. The number of carbonyl (C=O) groups excluding carboxylic acids is 1. The van der Waals surface area contributed by atoms with Gasteiger partial charge in [0, 0.05) is 0 Å². The van der Waals surface area contributed by atoms with E-state index in [1.807, 2.05) is 0 Å². The molecule has 0 aliphatic carbocycles. The Hall–Kier alpha value is -2.38. The molecule has 0 heterocycles. The number of non-ortho nitro benzene ring substituents is 1. The fraction of sp³-hybridized carbons (Fsp3) is 0. The highest BCUT2D eigenvalue weighted by Gasteiger charge is 2.23. The van der Waals surface area contributed by atoms with Crippen LogP contribution in [0, 0.1) is 26.0 Å². The molecule has 0 radical (unpaired) electrons. The van der Waals surface area contributed by atoms with Gasteiger partial charge in [0.15, 0.2) is 6.29 Å². The van der Waals surface area contributed by atoms with Gasteiger partial charge in [-0.2, -0.15) is 0 Å². The summed E-state index contributed by atoms with van der Waals surface area (Å²) < 4.78 is 13.0. The van der Waals surface area contributed by atoms with Crippen LogP contribution in [-0.2, 0) is 0 Å². The first-order valence-corrected chi connectivity index (χ1v) is 3.55. The van der Waals surface area contributed by atoms with Gasteiger partial charge >= 0.3 is 0 Å². The maximum Gasteiger partial charge on any atom is 0.289 e. The van der Waals surface area contributed by atoms with Crippen LogP contribution in [0.5, 0.6) is 0 Å². The number of benzene rings is 1. The van der Waals surface area contributed by atoms with Crippen molar-refractivity contribution in [2.45, 2.75) is 0 Å². The van der Waals surface area contributed by atoms with Gasteiger partial charge in [-0.25, -0.2) is 4.39 Å². The summed E-state index contributed by atoms with van der Waals surface area (Å²) in [6, 6.07) is 0.990. The normalized spacial score (nSPS) is 9.67. The molecule has 0 aliphatic rings. The lowest BCUT2D eigenvalue weighted by molar-refractivity contribution is -0.394. The maximum atomic E-state index is 13.0. The van der Waals surface area contributed by atoms with E-state index in [4.69, 9.17) is 0 Å². The van der Waals surface area contributed by atoms with Crippen molar-refractivity contribution in [2.24, 2.45) is 0 Å². The molecule has 0 amide bonds. The molecule has 1 rings (SSSR count). The summed E-state index contributed by atoms with van der Waals surface area (Å²) >= 11 is 0. The first-order chi connectivity index (χ1) is 6.97. The minimum atomic E-state index is -1.29. The smallest absolute Gasteiger partial charge is 0.289 e. The Balaban J connectivity index is 3.52. The summed E-state index contributed by atoms with van der Waals surface area (Å²) in [6.45, 7) is 0. The molecule has 0 saturated heterocycles. The molecule has 0 N–H and O–H groups in total. The van der Waals surface area contributed by atoms with E-state index in [1.54, 1.807) is 0 Å². The number of hydrogen-bond donors (Lipinski definition) is 0. The van der Waals surface area contributed by atoms with Gasteiger partial charge in [-0.15, -0.1) is 0 Å². The van der Waals surface area contributed by atoms with Crippen molar-refractivity contribution in [1.82, 2.24) is 0 Å². The zero-order chi connectivity index (χ0) is 11.6. The fourth-order valence-corrected chi connectivity index (χ4v) is 0.963. The highest BCUT2D eigenvalue weighted by Crippen LogP contribution is 2.26. The first-order valence-electron chi connectivity index (χ1n) is 3.55.